The molecule has 0 atom stereocenters. The van der Waals surface area contributed by atoms with Crippen LogP contribution in [0.2, 0.25) is 0 Å². The Labute approximate surface area is 127 Å². The Morgan fingerprint density at radius 2 is 1.84 bits per heavy atom. The minimum Gasteiger partial charge on any atom is -0.486 e. The second-order valence-corrected chi connectivity index (χ2v) is 5.47. The lowest BCUT2D eigenvalue weighted by Gasteiger charge is -2.10. The van der Waals surface area contributed by atoms with Crippen molar-refractivity contribution in [2.75, 3.05) is 0 Å². The number of rotatable bonds is 3. The molecule has 0 spiro atoms. The number of para-hydroxylation sites is 1. The number of halogens is 3. The van der Waals surface area contributed by atoms with Gasteiger partial charge in [0.05, 0.1) is 20.6 Å². The van der Waals surface area contributed by atoms with Gasteiger partial charge in [0.25, 0.3) is 0 Å². The van der Waals surface area contributed by atoms with Gasteiger partial charge in [0, 0.05) is 5.56 Å². The highest BCUT2D eigenvalue weighted by atomic mass is 79.9. The molecule has 0 aliphatic carbocycles. The summed E-state index contributed by atoms with van der Waals surface area (Å²) < 4.78 is 20.7. The third-order valence-corrected chi connectivity index (χ3v) is 3.71. The van der Waals surface area contributed by atoms with Crippen molar-refractivity contribution in [3.8, 4) is 11.8 Å². The molecule has 2 nitrogen and oxygen atoms in total. The fourth-order valence-electron chi connectivity index (χ4n) is 1.53. The van der Waals surface area contributed by atoms with Crippen LogP contribution >= 0.6 is 31.9 Å². The summed E-state index contributed by atoms with van der Waals surface area (Å²) in [5, 5.41) is 8.80. The normalized spacial score (nSPS) is 10.0. The molecule has 96 valence electrons. The van der Waals surface area contributed by atoms with Crippen molar-refractivity contribution in [1.29, 1.82) is 5.26 Å². The predicted molar refractivity (Wildman–Crippen MR) is 77.3 cm³/mol. The lowest BCUT2D eigenvalue weighted by molar-refractivity contribution is 0.296. The molecule has 0 saturated heterocycles. The monoisotopic (exact) mass is 383 g/mol. The first-order chi connectivity index (χ1) is 9.11. The van der Waals surface area contributed by atoms with Crippen LogP contribution in [0.15, 0.2) is 45.3 Å². The van der Waals surface area contributed by atoms with Gasteiger partial charge in [-0.15, -0.1) is 0 Å². The standard InChI is InChI=1S/C14H8Br2FNO/c15-11-2-1-3-12(16)14(11)19-8-10-6-9(7-18)4-5-13(10)17/h1-6H,8H2. The molecule has 0 aliphatic heterocycles. The highest BCUT2D eigenvalue weighted by Gasteiger charge is 2.09. The quantitative estimate of drug-likeness (QED) is 0.761. The van der Waals surface area contributed by atoms with Crippen molar-refractivity contribution < 1.29 is 9.13 Å². The smallest absolute Gasteiger partial charge is 0.148 e. The molecule has 2 aromatic carbocycles. The molecule has 2 aromatic rings. The van der Waals surface area contributed by atoms with Crippen LogP contribution in [-0.4, -0.2) is 0 Å². The molecule has 2 rings (SSSR count). The van der Waals surface area contributed by atoms with Crippen LogP contribution in [0.5, 0.6) is 5.75 Å². The number of hydrogen-bond acceptors (Lipinski definition) is 2. The minimum atomic E-state index is -0.387. The molecular weight excluding hydrogens is 377 g/mol. The van der Waals surface area contributed by atoms with Gasteiger partial charge in [-0.1, -0.05) is 6.07 Å². The van der Waals surface area contributed by atoms with Crippen LogP contribution in [0.25, 0.3) is 0 Å². The van der Waals surface area contributed by atoms with Crippen LogP contribution in [0, 0.1) is 17.1 Å². The van der Waals surface area contributed by atoms with Gasteiger partial charge in [-0.05, 0) is 62.2 Å². The number of hydrogen-bond donors (Lipinski definition) is 0. The lowest BCUT2D eigenvalue weighted by Crippen LogP contribution is -2.00. The van der Waals surface area contributed by atoms with E-state index in [1.54, 1.807) is 0 Å². The van der Waals surface area contributed by atoms with Gasteiger partial charge in [0.1, 0.15) is 18.2 Å². The summed E-state index contributed by atoms with van der Waals surface area (Å²) in [6, 6.07) is 11.7. The highest BCUT2D eigenvalue weighted by Crippen LogP contribution is 2.33. The second-order valence-electron chi connectivity index (χ2n) is 3.76. The Bertz CT molecular complexity index is 632. The fraction of sp³-hybridized carbons (Fsp3) is 0.0714. The molecule has 0 N–H and O–H groups in total. The minimum absolute atomic E-state index is 0.0581. The molecular formula is C14H8Br2FNO. The molecule has 19 heavy (non-hydrogen) atoms. The number of nitriles is 1. The van der Waals surface area contributed by atoms with Crippen molar-refractivity contribution in [2.45, 2.75) is 6.61 Å². The van der Waals surface area contributed by atoms with Crippen LogP contribution < -0.4 is 4.74 Å². The maximum atomic E-state index is 13.6. The zero-order valence-electron chi connectivity index (χ0n) is 9.66. The summed E-state index contributed by atoms with van der Waals surface area (Å²) in [7, 11) is 0. The summed E-state index contributed by atoms with van der Waals surface area (Å²) in [6.45, 7) is 0.0581. The van der Waals surface area contributed by atoms with E-state index in [1.165, 1.54) is 18.2 Å². The van der Waals surface area contributed by atoms with Gasteiger partial charge < -0.3 is 4.74 Å². The van der Waals surface area contributed by atoms with E-state index in [9.17, 15) is 4.39 Å². The first-order valence-corrected chi connectivity index (χ1v) is 6.95. The van der Waals surface area contributed by atoms with Gasteiger partial charge in [0.15, 0.2) is 0 Å². The van der Waals surface area contributed by atoms with E-state index in [0.717, 1.165) is 8.95 Å². The van der Waals surface area contributed by atoms with Crippen molar-refractivity contribution in [1.82, 2.24) is 0 Å². The van der Waals surface area contributed by atoms with Crippen molar-refractivity contribution in [3.63, 3.8) is 0 Å². The first kappa shape index (κ1) is 14.0. The molecule has 0 amide bonds. The highest BCUT2D eigenvalue weighted by molar-refractivity contribution is 9.11. The van der Waals surface area contributed by atoms with Crippen LogP contribution in [0.4, 0.5) is 4.39 Å². The van der Waals surface area contributed by atoms with Gasteiger partial charge in [-0.3, -0.25) is 0 Å². The Hall–Kier alpha value is -1.38. The molecule has 0 heterocycles. The molecule has 0 radical (unpaired) electrons. The molecule has 0 aliphatic rings. The van der Waals surface area contributed by atoms with Crippen molar-refractivity contribution in [3.05, 3.63) is 62.3 Å². The third-order valence-electron chi connectivity index (χ3n) is 2.47. The van der Waals surface area contributed by atoms with Crippen LogP contribution in [0.1, 0.15) is 11.1 Å². The molecule has 5 heteroatoms. The summed E-state index contributed by atoms with van der Waals surface area (Å²) in [4.78, 5) is 0. The Morgan fingerprint density at radius 3 is 2.47 bits per heavy atom. The number of ether oxygens (including phenoxy) is 1. The van der Waals surface area contributed by atoms with Gasteiger partial charge in [0.2, 0.25) is 0 Å². The summed E-state index contributed by atoms with van der Waals surface area (Å²) >= 11 is 6.73. The van der Waals surface area contributed by atoms with Gasteiger partial charge >= 0.3 is 0 Å². The van der Waals surface area contributed by atoms with E-state index in [4.69, 9.17) is 10.00 Å². The van der Waals surface area contributed by atoms with E-state index in [0.29, 0.717) is 16.9 Å². The van der Waals surface area contributed by atoms with E-state index >= 15 is 0 Å². The maximum Gasteiger partial charge on any atom is 0.148 e. The van der Waals surface area contributed by atoms with Crippen molar-refractivity contribution in [2.24, 2.45) is 0 Å². The topological polar surface area (TPSA) is 33.0 Å². The van der Waals surface area contributed by atoms with Crippen LogP contribution in [-0.2, 0) is 6.61 Å². The molecule has 0 unspecified atom stereocenters. The van der Waals surface area contributed by atoms with Gasteiger partial charge in [-0.25, -0.2) is 4.39 Å². The zero-order chi connectivity index (χ0) is 13.8. The summed E-state index contributed by atoms with van der Waals surface area (Å²) in [5.41, 5.74) is 0.757. The Morgan fingerprint density at radius 1 is 1.16 bits per heavy atom. The lowest BCUT2D eigenvalue weighted by atomic mass is 10.1. The van der Waals surface area contributed by atoms with Crippen molar-refractivity contribution >= 4 is 31.9 Å². The number of nitrogens with zero attached hydrogens (tertiary/aromatic N) is 1. The molecule has 0 saturated carbocycles. The largest absolute Gasteiger partial charge is 0.486 e. The average Bonchev–Trinajstić information content (AvgIpc) is 2.40. The number of benzene rings is 2. The van der Waals surface area contributed by atoms with E-state index in [1.807, 2.05) is 24.3 Å². The Kier molecular flexibility index (Phi) is 4.56. The fourth-order valence-corrected chi connectivity index (χ4v) is 2.75. The molecule has 0 aromatic heterocycles. The SMILES string of the molecule is N#Cc1ccc(F)c(COc2c(Br)cccc2Br)c1. The summed E-state index contributed by atoms with van der Waals surface area (Å²) in [6.07, 6.45) is 0. The molecule has 0 bridgehead atoms. The average molecular weight is 385 g/mol. The van der Waals surface area contributed by atoms with E-state index < -0.39 is 0 Å². The molecule has 0 fully saturated rings. The van der Waals surface area contributed by atoms with E-state index in [-0.39, 0.29) is 12.4 Å². The second kappa shape index (κ2) is 6.18. The third kappa shape index (κ3) is 3.34. The van der Waals surface area contributed by atoms with E-state index in [2.05, 4.69) is 31.9 Å². The zero-order valence-corrected chi connectivity index (χ0v) is 12.8. The predicted octanol–water partition coefficient (Wildman–Crippen LogP) is 4.80. The first-order valence-electron chi connectivity index (χ1n) is 5.37. The Balaban J connectivity index is 2.22. The van der Waals surface area contributed by atoms with Crippen LogP contribution in [0.3, 0.4) is 0 Å². The maximum absolute atomic E-state index is 13.6. The van der Waals surface area contributed by atoms with Gasteiger partial charge in [-0.2, -0.15) is 5.26 Å². The summed E-state index contributed by atoms with van der Waals surface area (Å²) in [5.74, 6) is 0.214.